The standard InChI is InChI=1S/C6H5BrO3S.CH4/c7-5-1-3-6(4-2-5)11(8,9)10;/h1-4H,(H,8,9,10);1H4. The van der Waals surface area contributed by atoms with E-state index in [-0.39, 0.29) is 12.3 Å². The fourth-order valence-corrected chi connectivity index (χ4v) is 1.35. The van der Waals surface area contributed by atoms with E-state index in [1.165, 1.54) is 12.1 Å². The highest BCUT2D eigenvalue weighted by Gasteiger charge is 2.07. The Morgan fingerprint density at radius 1 is 1.17 bits per heavy atom. The topological polar surface area (TPSA) is 54.4 Å². The predicted octanol–water partition coefficient (Wildman–Crippen LogP) is 2.33. The summed E-state index contributed by atoms with van der Waals surface area (Å²) in [4.78, 5) is -0.0966. The van der Waals surface area contributed by atoms with E-state index >= 15 is 0 Å². The minimum Gasteiger partial charge on any atom is -0.282 e. The molecule has 0 unspecified atom stereocenters. The van der Waals surface area contributed by atoms with Crippen LogP contribution in [0.2, 0.25) is 0 Å². The van der Waals surface area contributed by atoms with Crippen LogP contribution in [0.4, 0.5) is 0 Å². The maximum Gasteiger partial charge on any atom is 0.294 e. The highest BCUT2D eigenvalue weighted by Crippen LogP contribution is 2.13. The van der Waals surface area contributed by atoms with Gasteiger partial charge in [0.25, 0.3) is 10.1 Å². The molecule has 0 aliphatic heterocycles. The largest absolute Gasteiger partial charge is 0.294 e. The van der Waals surface area contributed by atoms with Crippen LogP contribution in [-0.4, -0.2) is 13.0 Å². The Kier molecular flexibility index (Phi) is 3.89. The van der Waals surface area contributed by atoms with Crippen LogP contribution in [-0.2, 0) is 10.1 Å². The first-order valence-electron chi connectivity index (χ1n) is 2.73. The number of benzene rings is 1. The van der Waals surface area contributed by atoms with Crippen LogP contribution in [0.15, 0.2) is 33.6 Å². The third-order valence-electron chi connectivity index (χ3n) is 1.11. The lowest BCUT2D eigenvalue weighted by atomic mass is 10.4. The summed E-state index contributed by atoms with van der Waals surface area (Å²) in [7, 11) is -4.04. The molecule has 0 bridgehead atoms. The average molecular weight is 253 g/mol. The number of hydrogen-bond acceptors (Lipinski definition) is 2. The second-order valence-corrected chi connectivity index (χ2v) is 4.27. The number of halogens is 1. The van der Waals surface area contributed by atoms with Crippen molar-refractivity contribution in [3.05, 3.63) is 28.7 Å². The molecule has 1 rings (SSSR count). The second kappa shape index (κ2) is 4.02. The molecule has 0 atom stereocenters. The minimum absolute atomic E-state index is 0. The Morgan fingerprint density at radius 3 is 1.92 bits per heavy atom. The molecule has 0 amide bonds. The Bertz CT molecular complexity index is 341. The van der Waals surface area contributed by atoms with Gasteiger partial charge in [-0.3, -0.25) is 4.55 Å². The quantitative estimate of drug-likeness (QED) is 0.781. The Hall–Kier alpha value is -0.390. The van der Waals surface area contributed by atoms with E-state index in [2.05, 4.69) is 15.9 Å². The van der Waals surface area contributed by atoms with Crippen molar-refractivity contribution in [1.82, 2.24) is 0 Å². The molecular weight excluding hydrogens is 244 g/mol. The van der Waals surface area contributed by atoms with E-state index in [1.807, 2.05) is 0 Å². The van der Waals surface area contributed by atoms with Crippen molar-refractivity contribution in [3.8, 4) is 0 Å². The summed E-state index contributed by atoms with van der Waals surface area (Å²) in [6.45, 7) is 0. The maximum atomic E-state index is 10.5. The summed E-state index contributed by atoms with van der Waals surface area (Å²) in [6.07, 6.45) is 0. The fraction of sp³-hybridized carbons (Fsp3) is 0.143. The molecular formula is C7H9BrO3S. The Labute approximate surface area is 80.3 Å². The van der Waals surface area contributed by atoms with Crippen LogP contribution < -0.4 is 0 Å². The summed E-state index contributed by atoms with van der Waals surface area (Å²) < 4.78 is 30.3. The van der Waals surface area contributed by atoms with Gasteiger partial charge in [-0.2, -0.15) is 8.42 Å². The molecule has 0 fully saturated rings. The lowest BCUT2D eigenvalue weighted by Gasteiger charge is -1.94. The van der Waals surface area contributed by atoms with Gasteiger partial charge in [0.2, 0.25) is 0 Å². The van der Waals surface area contributed by atoms with E-state index in [0.717, 1.165) is 4.47 Å². The van der Waals surface area contributed by atoms with Gasteiger partial charge >= 0.3 is 0 Å². The zero-order valence-corrected chi connectivity index (χ0v) is 7.76. The van der Waals surface area contributed by atoms with E-state index < -0.39 is 10.1 Å². The zero-order valence-electron chi connectivity index (χ0n) is 5.36. The second-order valence-electron chi connectivity index (χ2n) is 1.93. The smallest absolute Gasteiger partial charge is 0.282 e. The predicted molar refractivity (Wildman–Crippen MR) is 50.7 cm³/mol. The molecule has 0 saturated carbocycles. The van der Waals surface area contributed by atoms with Crippen LogP contribution in [0.3, 0.4) is 0 Å². The van der Waals surface area contributed by atoms with Gasteiger partial charge in [-0.05, 0) is 24.3 Å². The summed E-state index contributed by atoms with van der Waals surface area (Å²) >= 11 is 3.14. The monoisotopic (exact) mass is 252 g/mol. The van der Waals surface area contributed by atoms with Gasteiger partial charge in [-0.15, -0.1) is 0 Å². The maximum absolute atomic E-state index is 10.5. The first-order valence-corrected chi connectivity index (χ1v) is 4.96. The molecule has 0 aromatic heterocycles. The highest BCUT2D eigenvalue weighted by atomic mass is 79.9. The minimum atomic E-state index is -4.04. The van der Waals surface area contributed by atoms with E-state index in [9.17, 15) is 8.42 Å². The third-order valence-corrected chi connectivity index (χ3v) is 2.51. The Balaban J connectivity index is 0.00000121. The van der Waals surface area contributed by atoms with Crippen LogP contribution in [0.25, 0.3) is 0 Å². The van der Waals surface area contributed by atoms with Crippen LogP contribution in [0, 0.1) is 0 Å². The molecule has 0 saturated heterocycles. The molecule has 3 nitrogen and oxygen atoms in total. The normalized spacial score (nSPS) is 10.5. The first kappa shape index (κ1) is 11.6. The fourth-order valence-electron chi connectivity index (χ4n) is 0.607. The molecule has 0 spiro atoms. The van der Waals surface area contributed by atoms with Gasteiger partial charge in [-0.25, -0.2) is 0 Å². The molecule has 68 valence electrons. The van der Waals surface area contributed by atoms with E-state index in [4.69, 9.17) is 4.55 Å². The van der Waals surface area contributed by atoms with Gasteiger partial charge in [0.15, 0.2) is 0 Å². The van der Waals surface area contributed by atoms with Crippen molar-refractivity contribution in [2.45, 2.75) is 12.3 Å². The molecule has 0 aliphatic rings. The van der Waals surface area contributed by atoms with Gasteiger partial charge in [0, 0.05) is 4.47 Å². The van der Waals surface area contributed by atoms with E-state index in [1.54, 1.807) is 12.1 Å². The molecule has 12 heavy (non-hydrogen) atoms. The Morgan fingerprint density at radius 2 is 1.58 bits per heavy atom. The third kappa shape index (κ3) is 2.92. The van der Waals surface area contributed by atoms with E-state index in [0.29, 0.717) is 0 Å². The molecule has 1 aromatic carbocycles. The van der Waals surface area contributed by atoms with Gasteiger partial charge < -0.3 is 0 Å². The van der Waals surface area contributed by atoms with Gasteiger partial charge in [0.1, 0.15) is 0 Å². The summed E-state index contributed by atoms with van der Waals surface area (Å²) in [5.74, 6) is 0. The number of rotatable bonds is 1. The van der Waals surface area contributed by atoms with Crippen molar-refractivity contribution in [2.75, 3.05) is 0 Å². The molecule has 5 heteroatoms. The van der Waals surface area contributed by atoms with Crippen molar-refractivity contribution in [2.24, 2.45) is 0 Å². The molecule has 1 aromatic rings. The van der Waals surface area contributed by atoms with Crippen molar-refractivity contribution in [1.29, 1.82) is 0 Å². The van der Waals surface area contributed by atoms with Gasteiger partial charge in [0.05, 0.1) is 4.90 Å². The van der Waals surface area contributed by atoms with Crippen molar-refractivity contribution >= 4 is 26.0 Å². The number of hydrogen-bond donors (Lipinski definition) is 1. The molecule has 0 aliphatic carbocycles. The molecule has 1 N–H and O–H groups in total. The van der Waals surface area contributed by atoms with Gasteiger partial charge in [-0.1, -0.05) is 23.4 Å². The summed E-state index contributed by atoms with van der Waals surface area (Å²) in [5.41, 5.74) is 0. The van der Waals surface area contributed by atoms with Crippen molar-refractivity contribution in [3.63, 3.8) is 0 Å². The summed E-state index contributed by atoms with van der Waals surface area (Å²) in [6, 6.07) is 5.73. The SMILES string of the molecule is C.O=S(=O)(O)c1ccc(Br)cc1. The molecule has 0 radical (unpaired) electrons. The lowest BCUT2D eigenvalue weighted by Crippen LogP contribution is -1.96. The molecule has 0 heterocycles. The summed E-state index contributed by atoms with van der Waals surface area (Å²) in [5, 5.41) is 0. The van der Waals surface area contributed by atoms with Crippen LogP contribution in [0.5, 0.6) is 0 Å². The van der Waals surface area contributed by atoms with Crippen molar-refractivity contribution < 1.29 is 13.0 Å². The highest BCUT2D eigenvalue weighted by molar-refractivity contribution is 9.10. The van der Waals surface area contributed by atoms with Crippen LogP contribution >= 0.6 is 15.9 Å². The average Bonchev–Trinajstić information content (AvgIpc) is 1.86. The zero-order chi connectivity index (χ0) is 8.48. The lowest BCUT2D eigenvalue weighted by molar-refractivity contribution is 0.483. The first-order chi connectivity index (χ1) is 5.00. The van der Waals surface area contributed by atoms with Crippen LogP contribution in [0.1, 0.15) is 7.43 Å².